The number of rotatable bonds is 11. The third-order valence-electron chi connectivity index (χ3n) is 6.75. The maximum atomic E-state index is 13.1. The molecule has 0 fully saturated rings. The number of aromatic nitrogens is 1. The Balaban J connectivity index is 1.22. The molecule has 0 saturated heterocycles. The van der Waals surface area contributed by atoms with Crippen LogP contribution in [0.5, 0.6) is 11.5 Å². The van der Waals surface area contributed by atoms with Crippen molar-refractivity contribution in [3.63, 3.8) is 0 Å². The summed E-state index contributed by atoms with van der Waals surface area (Å²) in [5.41, 5.74) is 8.29. The number of carbonyl (C=O) groups is 2. The van der Waals surface area contributed by atoms with E-state index in [-0.39, 0.29) is 12.5 Å². The number of anilines is 1. The Morgan fingerprint density at radius 3 is 2.33 bits per heavy atom. The zero-order valence-corrected chi connectivity index (χ0v) is 26.2. The van der Waals surface area contributed by atoms with Crippen LogP contribution >= 0.6 is 15.9 Å². The summed E-state index contributed by atoms with van der Waals surface area (Å²) in [7, 11) is 0. The molecule has 2 amide bonds. The number of hydrazone groups is 1. The molecule has 1 heterocycles. The van der Waals surface area contributed by atoms with E-state index in [9.17, 15) is 14.0 Å². The number of amides is 2. The minimum absolute atomic E-state index is 0.288. The van der Waals surface area contributed by atoms with Crippen molar-refractivity contribution in [3.05, 3.63) is 130 Å². The first-order valence-electron chi connectivity index (χ1n) is 14.1. The van der Waals surface area contributed by atoms with Gasteiger partial charge >= 0.3 is 0 Å². The number of carbonyl (C=O) groups excluding carboxylic acids is 2. The standard InChI is InChI=1S/C35H30BrFN4O4/c1-3-44-32-19-26(30(36)20-33(32)45-22-34(42)39-28-14-12-27(37)13-15-28)21-38-40-35(43)25-10-16-29(17-11-25)41-23(2)9-18-31(41)24-7-5-4-6-8-24/h4-21H,3,22H2,1-2H3,(H,39,42)(H,40,43)/b38-21+. The molecule has 0 radical (unpaired) electrons. The van der Waals surface area contributed by atoms with Crippen LogP contribution in [0.2, 0.25) is 0 Å². The second-order valence-corrected chi connectivity index (χ2v) is 10.8. The zero-order valence-electron chi connectivity index (χ0n) is 24.6. The zero-order chi connectivity index (χ0) is 31.8. The number of nitrogens with zero attached hydrogens (tertiary/aromatic N) is 2. The average molecular weight is 670 g/mol. The van der Waals surface area contributed by atoms with Crippen LogP contribution in [0.15, 0.2) is 113 Å². The van der Waals surface area contributed by atoms with Crippen LogP contribution in [-0.4, -0.2) is 35.8 Å². The first-order valence-corrected chi connectivity index (χ1v) is 14.9. The molecular weight excluding hydrogens is 639 g/mol. The fraction of sp³-hybridized carbons (Fsp3) is 0.114. The van der Waals surface area contributed by atoms with Crippen molar-refractivity contribution in [2.75, 3.05) is 18.5 Å². The van der Waals surface area contributed by atoms with Gasteiger partial charge in [0.2, 0.25) is 0 Å². The Morgan fingerprint density at radius 2 is 1.62 bits per heavy atom. The molecule has 45 heavy (non-hydrogen) atoms. The normalized spacial score (nSPS) is 10.9. The summed E-state index contributed by atoms with van der Waals surface area (Å²) < 4.78 is 27.3. The Kier molecular flexibility index (Phi) is 10.1. The van der Waals surface area contributed by atoms with Crippen molar-refractivity contribution >= 4 is 39.6 Å². The quantitative estimate of drug-likeness (QED) is 0.112. The summed E-state index contributed by atoms with van der Waals surface area (Å²) in [6.07, 6.45) is 1.49. The molecule has 0 saturated carbocycles. The van der Waals surface area contributed by atoms with E-state index < -0.39 is 11.7 Å². The van der Waals surface area contributed by atoms with Crippen LogP contribution in [0.3, 0.4) is 0 Å². The predicted molar refractivity (Wildman–Crippen MR) is 177 cm³/mol. The lowest BCUT2D eigenvalue weighted by molar-refractivity contribution is -0.118. The van der Waals surface area contributed by atoms with E-state index in [0.29, 0.717) is 39.4 Å². The number of hydrogen-bond donors (Lipinski definition) is 2. The molecule has 1 aromatic heterocycles. The molecule has 0 spiro atoms. The summed E-state index contributed by atoms with van der Waals surface area (Å²) >= 11 is 3.49. The van der Waals surface area contributed by atoms with Crippen LogP contribution in [0, 0.1) is 12.7 Å². The molecule has 0 unspecified atom stereocenters. The lowest BCUT2D eigenvalue weighted by Crippen LogP contribution is -2.20. The van der Waals surface area contributed by atoms with E-state index in [0.717, 1.165) is 22.6 Å². The summed E-state index contributed by atoms with van der Waals surface area (Å²) in [4.78, 5) is 25.2. The Morgan fingerprint density at radius 1 is 0.911 bits per heavy atom. The van der Waals surface area contributed by atoms with Gasteiger partial charge in [-0.05, 0) is 108 Å². The van der Waals surface area contributed by atoms with Crippen molar-refractivity contribution in [1.82, 2.24) is 9.99 Å². The number of aryl methyl sites for hydroxylation is 1. The number of hydrogen-bond acceptors (Lipinski definition) is 5. The molecule has 5 rings (SSSR count). The molecule has 0 bridgehead atoms. The maximum absolute atomic E-state index is 13.1. The SMILES string of the molecule is CCOc1cc(/C=N/NC(=O)c2ccc(-n3c(C)ccc3-c3ccccc3)cc2)c(Br)cc1OCC(=O)Nc1ccc(F)cc1. The van der Waals surface area contributed by atoms with E-state index in [4.69, 9.17) is 9.47 Å². The van der Waals surface area contributed by atoms with Crippen LogP contribution in [-0.2, 0) is 4.79 Å². The number of nitrogens with one attached hydrogen (secondary N) is 2. The molecule has 0 aliphatic rings. The highest BCUT2D eigenvalue weighted by molar-refractivity contribution is 9.10. The molecule has 0 aliphatic heterocycles. The third kappa shape index (κ3) is 7.84. The van der Waals surface area contributed by atoms with Gasteiger partial charge in [-0.1, -0.05) is 30.3 Å². The van der Waals surface area contributed by atoms with Crippen molar-refractivity contribution in [2.24, 2.45) is 5.10 Å². The molecule has 5 aromatic rings. The summed E-state index contributed by atoms with van der Waals surface area (Å²) in [6, 6.07) is 30.4. The second-order valence-electron chi connectivity index (χ2n) is 9.90. The second kappa shape index (κ2) is 14.5. The van der Waals surface area contributed by atoms with Gasteiger partial charge in [-0.15, -0.1) is 0 Å². The summed E-state index contributed by atoms with van der Waals surface area (Å²) in [5.74, 6) is -0.435. The van der Waals surface area contributed by atoms with E-state index >= 15 is 0 Å². The molecule has 0 aliphatic carbocycles. The number of ether oxygens (including phenoxy) is 2. The van der Waals surface area contributed by atoms with E-state index in [1.165, 1.54) is 30.5 Å². The maximum Gasteiger partial charge on any atom is 0.271 e. The van der Waals surface area contributed by atoms with Crippen LogP contribution in [0.1, 0.15) is 28.5 Å². The summed E-state index contributed by atoms with van der Waals surface area (Å²) in [5, 5.41) is 6.77. The van der Waals surface area contributed by atoms with Gasteiger partial charge in [-0.25, -0.2) is 9.82 Å². The van der Waals surface area contributed by atoms with Gasteiger partial charge in [0.05, 0.1) is 18.5 Å². The van der Waals surface area contributed by atoms with Gasteiger partial charge < -0.3 is 19.4 Å². The van der Waals surface area contributed by atoms with Gasteiger partial charge in [0.1, 0.15) is 5.82 Å². The molecule has 228 valence electrons. The van der Waals surface area contributed by atoms with Crippen LogP contribution in [0.25, 0.3) is 16.9 Å². The monoisotopic (exact) mass is 668 g/mol. The van der Waals surface area contributed by atoms with Crippen molar-refractivity contribution < 1.29 is 23.5 Å². The number of halogens is 2. The van der Waals surface area contributed by atoms with Gasteiger partial charge in [0, 0.05) is 32.7 Å². The van der Waals surface area contributed by atoms with Gasteiger partial charge in [0.25, 0.3) is 11.8 Å². The average Bonchev–Trinajstić information content (AvgIpc) is 3.44. The first kappa shape index (κ1) is 31.2. The molecule has 10 heteroatoms. The highest BCUT2D eigenvalue weighted by atomic mass is 79.9. The predicted octanol–water partition coefficient (Wildman–Crippen LogP) is 7.53. The van der Waals surface area contributed by atoms with Crippen molar-refractivity contribution in [2.45, 2.75) is 13.8 Å². The largest absolute Gasteiger partial charge is 0.490 e. The minimum atomic E-state index is -0.415. The summed E-state index contributed by atoms with van der Waals surface area (Å²) in [6.45, 7) is 3.94. The van der Waals surface area contributed by atoms with Gasteiger partial charge in [-0.3, -0.25) is 9.59 Å². The highest BCUT2D eigenvalue weighted by Crippen LogP contribution is 2.33. The molecule has 0 atom stereocenters. The smallest absolute Gasteiger partial charge is 0.271 e. The topological polar surface area (TPSA) is 93.9 Å². The molecule has 4 aromatic carbocycles. The van der Waals surface area contributed by atoms with Gasteiger partial charge in [-0.2, -0.15) is 5.10 Å². The van der Waals surface area contributed by atoms with Crippen molar-refractivity contribution in [1.29, 1.82) is 0 Å². The third-order valence-corrected chi connectivity index (χ3v) is 7.44. The Bertz CT molecular complexity index is 1820. The molecular formula is C35H30BrFN4O4. The Hall–Kier alpha value is -5.22. The molecule has 8 nitrogen and oxygen atoms in total. The first-order chi connectivity index (χ1) is 21.8. The minimum Gasteiger partial charge on any atom is -0.490 e. The van der Waals surface area contributed by atoms with Crippen LogP contribution < -0.4 is 20.2 Å². The lowest BCUT2D eigenvalue weighted by atomic mass is 10.1. The molecule has 2 N–H and O–H groups in total. The van der Waals surface area contributed by atoms with Crippen LogP contribution in [0.4, 0.5) is 10.1 Å². The lowest BCUT2D eigenvalue weighted by Gasteiger charge is -2.14. The fourth-order valence-corrected chi connectivity index (χ4v) is 5.03. The van der Waals surface area contributed by atoms with Gasteiger partial charge in [0.15, 0.2) is 18.1 Å². The van der Waals surface area contributed by atoms with E-state index in [1.54, 1.807) is 24.3 Å². The number of benzene rings is 4. The fourth-order valence-electron chi connectivity index (χ4n) is 4.61. The highest BCUT2D eigenvalue weighted by Gasteiger charge is 2.14. The Labute approximate surface area is 268 Å². The van der Waals surface area contributed by atoms with Crippen molar-refractivity contribution in [3.8, 4) is 28.4 Å². The van der Waals surface area contributed by atoms with E-state index in [2.05, 4.69) is 60.6 Å². The van der Waals surface area contributed by atoms with E-state index in [1.807, 2.05) is 44.2 Å².